The molecule has 3 aromatic rings. The summed E-state index contributed by atoms with van der Waals surface area (Å²) in [7, 11) is 0. The zero-order chi connectivity index (χ0) is 19.3. The molecule has 7 nitrogen and oxygen atoms in total. The van der Waals surface area contributed by atoms with Gasteiger partial charge in [-0.05, 0) is 44.0 Å². The maximum atomic E-state index is 14.1. The van der Waals surface area contributed by atoms with Crippen LogP contribution in [-0.2, 0) is 11.2 Å². The number of carbonyl (C=O) groups excluding carboxylic acids is 1. The van der Waals surface area contributed by atoms with E-state index in [0.717, 1.165) is 17.7 Å². The molecule has 0 bridgehead atoms. The molecule has 1 aliphatic heterocycles. The third-order valence-corrected chi connectivity index (χ3v) is 5.17. The lowest BCUT2D eigenvalue weighted by Gasteiger charge is -2.30. The van der Waals surface area contributed by atoms with E-state index in [-0.39, 0.29) is 17.5 Å². The largest absolute Gasteiger partial charge is 0.338 e. The molecule has 0 fully saturated rings. The summed E-state index contributed by atoms with van der Waals surface area (Å²) >= 11 is 0. The van der Waals surface area contributed by atoms with E-state index in [4.69, 9.17) is 5.10 Å². The van der Waals surface area contributed by atoms with E-state index in [0.29, 0.717) is 35.6 Å². The summed E-state index contributed by atoms with van der Waals surface area (Å²) in [6.07, 6.45) is 4.60. The number of H-pyrrole nitrogens is 1. The summed E-state index contributed by atoms with van der Waals surface area (Å²) in [5.41, 5.74) is 3.05. The second-order valence-electron chi connectivity index (χ2n) is 6.89. The van der Waals surface area contributed by atoms with E-state index in [1.807, 2.05) is 6.92 Å². The van der Waals surface area contributed by atoms with Gasteiger partial charge in [0.15, 0.2) is 0 Å². The van der Waals surface area contributed by atoms with Crippen molar-refractivity contribution in [2.45, 2.75) is 33.2 Å². The van der Waals surface area contributed by atoms with Crippen LogP contribution in [0.2, 0.25) is 0 Å². The Morgan fingerprint density at radius 3 is 2.59 bits per heavy atom. The Kier molecular flexibility index (Phi) is 3.98. The maximum Gasteiger partial charge on any atom is 0.331 e. The minimum atomic E-state index is -0.301. The second-order valence-corrected chi connectivity index (χ2v) is 6.89. The van der Waals surface area contributed by atoms with E-state index >= 15 is 0 Å². The Morgan fingerprint density at radius 1 is 1.30 bits per heavy atom. The lowest BCUT2D eigenvalue weighted by atomic mass is 10.00. The smallest absolute Gasteiger partial charge is 0.331 e. The van der Waals surface area contributed by atoms with Crippen LogP contribution in [0.25, 0.3) is 11.5 Å². The molecule has 140 valence electrons. The molecule has 0 radical (unpaired) electrons. The highest BCUT2D eigenvalue weighted by atomic mass is 19.1. The molecule has 0 unspecified atom stereocenters. The Hall–Kier alpha value is -3.16. The number of carbonyl (C=O) groups is 1. The van der Waals surface area contributed by atoms with Crippen molar-refractivity contribution < 1.29 is 9.18 Å². The van der Waals surface area contributed by atoms with Crippen LogP contribution in [0.4, 0.5) is 4.39 Å². The van der Waals surface area contributed by atoms with Gasteiger partial charge in [0.25, 0.3) is 0 Å². The number of nitrogens with one attached hydrogen (secondary N) is 1. The van der Waals surface area contributed by atoms with E-state index in [2.05, 4.69) is 4.98 Å². The number of benzene rings is 1. The maximum absolute atomic E-state index is 14.1. The van der Waals surface area contributed by atoms with Crippen molar-refractivity contribution in [1.29, 1.82) is 0 Å². The summed E-state index contributed by atoms with van der Waals surface area (Å²) in [6, 6.07) is 3.20. The average Bonchev–Trinajstić information content (AvgIpc) is 3.23. The van der Waals surface area contributed by atoms with E-state index in [9.17, 15) is 14.0 Å². The van der Waals surface area contributed by atoms with E-state index in [1.165, 1.54) is 4.57 Å². The summed E-state index contributed by atoms with van der Waals surface area (Å²) in [5.74, 6) is 0.317. The van der Waals surface area contributed by atoms with Crippen LogP contribution in [0.15, 0.2) is 29.3 Å². The number of rotatable bonds is 3. The number of aromatic nitrogens is 4. The fourth-order valence-corrected chi connectivity index (χ4v) is 3.76. The Morgan fingerprint density at radius 2 is 2.00 bits per heavy atom. The van der Waals surface area contributed by atoms with Gasteiger partial charge in [0.2, 0.25) is 6.41 Å². The summed E-state index contributed by atoms with van der Waals surface area (Å²) in [6.45, 7) is 5.89. The van der Waals surface area contributed by atoms with Crippen molar-refractivity contribution in [3.8, 4) is 11.5 Å². The van der Waals surface area contributed by atoms with Crippen molar-refractivity contribution in [3.05, 3.63) is 63.2 Å². The van der Waals surface area contributed by atoms with Gasteiger partial charge in [-0.25, -0.2) is 13.9 Å². The van der Waals surface area contributed by atoms with Gasteiger partial charge in [0.1, 0.15) is 11.6 Å². The van der Waals surface area contributed by atoms with Crippen LogP contribution in [-0.4, -0.2) is 37.2 Å². The molecule has 3 heterocycles. The van der Waals surface area contributed by atoms with Crippen LogP contribution < -0.4 is 5.69 Å². The molecule has 0 aliphatic carbocycles. The summed E-state index contributed by atoms with van der Waals surface area (Å²) < 4.78 is 17.3. The second kappa shape index (κ2) is 6.22. The topological polar surface area (TPSA) is 75.9 Å². The van der Waals surface area contributed by atoms with Gasteiger partial charge in [-0.2, -0.15) is 5.10 Å². The first kappa shape index (κ1) is 17.3. The van der Waals surface area contributed by atoms with Crippen molar-refractivity contribution >= 4 is 6.41 Å². The number of aryl methyl sites for hydroxylation is 2. The number of imidazole rings is 1. The van der Waals surface area contributed by atoms with E-state index < -0.39 is 0 Å². The van der Waals surface area contributed by atoms with Gasteiger partial charge in [-0.1, -0.05) is 0 Å². The third-order valence-electron chi connectivity index (χ3n) is 5.17. The van der Waals surface area contributed by atoms with Crippen molar-refractivity contribution in [2.75, 3.05) is 6.54 Å². The molecule has 1 aliphatic rings. The number of nitrogens with zero attached hydrogens (tertiary/aromatic N) is 4. The van der Waals surface area contributed by atoms with Gasteiger partial charge in [-0.15, -0.1) is 0 Å². The third kappa shape index (κ3) is 2.59. The molecule has 4 rings (SSSR count). The lowest BCUT2D eigenvalue weighted by molar-refractivity contribution is -0.120. The molecule has 1 N–H and O–H groups in total. The Labute approximate surface area is 155 Å². The highest BCUT2D eigenvalue weighted by Crippen LogP contribution is 2.34. The van der Waals surface area contributed by atoms with Gasteiger partial charge in [0, 0.05) is 30.9 Å². The number of aromatic amines is 1. The molecule has 0 spiro atoms. The lowest BCUT2D eigenvalue weighted by Crippen LogP contribution is -2.33. The fraction of sp³-hybridized carbons (Fsp3) is 0.316. The molecule has 1 atom stereocenters. The fourth-order valence-electron chi connectivity index (χ4n) is 3.76. The molecule has 27 heavy (non-hydrogen) atoms. The Balaban J connectivity index is 2.03. The van der Waals surface area contributed by atoms with Crippen LogP contribution in [0.5, 0.6) is 0 Å². The SMILES string of the molecule is Cc1cc(-n2nc3c(c2-n2cc[nH]c2=O)[C@H](C)N(C=O)CC3)cc(C)c1F. The Bertz CT molecular complexity index is 1070. The van der Waals surface area contributed by atoms with Gasteiger partial charge < -0.3 is 9.88 Å². The molecule has 1 aromatic carbocycles. The van der Waals surface area contributed by atoms with Crippen LogP contribution in [0.3, 0.4) is 0 Å². The molecular formula is C19H20FN5O2. The first-order chi connectivity index (χ1) is 12.9. The predicted molar refractivity (Wildman–Crippen MR) is 97.8 cm³/mol. The minimum absolute atomic E-state index is 0.223. The minimum Gasteiger partial charge on any atom is -0.338 e. The van der Waals surface area contributed by atoms with Gasteiger partial charge in [-0.3, -0.25) is 9.36 Å². The zero-order valence-electron chi connectivity index (χ0n) is 15.4. The van der Waals surface area contributed by atoms with E-state index in [1.54, 1.807) is 48.0 Å². The van der Waals surface area contributed by atoms with Gasteiger partial charge in [0.05, 0.1) is 17.4 Å². The monoisotopic (exact) mass is 369 g/mol. The quantitative estimate of drug-likeness (QED) is 0.719. The zero-order valence-corrected chi connectivity index (χ0v) is 15.4. The first-order valence-electron chi connectivity index (χ1n) is 8.78. The molecule has 0 saturated carbocycles. The van der Waals surface area contributed by atoms with Gasteiger partial charge >= 0.3 is 5.69 Å². The number of hydrogen-bond donors (Lipinski definition) is 1. The number of amides is 1. The highest BCUT2D eigenvalue weighted by molar-refractivity contribution is 5.55. The average molecular weight is 369 g/mol. The normalized spacial score (nSPS) is 16.4. The number of fused-ring (bicyclic) bond motifs is 1. The first-order valence-corrected chi connectivity index (χ1v) is 8.78. The highest BCUT2D eigenvalue weighted by Gasteiger charge is 2.32. The standard InChI is InChI=1S/C19H20FN5O2/c1-11-8-14(9-12(2)17(11)20)25-18(24-7-5-21-19(24)27)16-13(3)23(10-26)6-4-15(16)22-25/h5,7-10,13H,4,6H2,1-3H3,(H,21,27)/t13-/m0/s1. The van der Waals surface area contributed by atoms with Crippen molar-refractivity contribution in [1.82, 2.24) is 24.2 Å². The molecule has 2 aromatic heterocycles. The van der Waals surface area contributed by atoms with Crippen LogP contribution in [0, 0.1) is 19.7 Å². The predicted octanol–water partition coefficient (Wildman–Crippen LogP) is 2.18. The number of halogens is 1. The van der Waals surface area contributed by atoms with Crippen LogP contribution in [0.1, 0.15) is 35.3 Å². The van der Waals surface area contributed by atoms with Crippen LogP contribution >= 0.6 is 0 Å². The van der Waals surface area contributed by atoms with Crippen molar-refractivity contribution in [3.63, 3.8) is 0 Å². The summed E-state index contributed by atoms with van der Waals surface area (Å²) in [4.78, 5) is 28.1. The van der Waals surface area contributed by atoms with Crippen molar-refractivity contribution in [2.24, 2.45) is 0 Å². The molecular weight excluding hydrogens is 349 g/mol. The molecule has 1 amide bonds. The number of hydrogen-bond acceptors (Lipinski definition) is 3. The molecule has 8 heteroatoms. The summed E-state index contributed by atoms with van der Waals surface area (Å²) in [5, 5.41) is 4.73. The molecule has 0 saturated heterocycles.